The number of hydrogen-bond acceptors (Lipinski definition) is 7. The molecule has 0 amide bonds. The second-order valence-corrected chi connectivity index (χ2v) is 8.53. The van der Waals surface area contributed by atoms with E-state index in [0.29, 0.717) is 24.2 Å². The van der Waals surface area contributed by atoms with Gasteiger partial charge in [0.2, 0.25) is 10.0 Å². The zero-order valence-electron chi connectivity index (χ0n) is 15.9. The van der Waals surface area contributed by atoms with Crippen LogP contribution in [0.1, 0.15) is 28.8 Å². The summed E-state index contributed by atoms with van der Waals surface area (Å²) in [4.78, 5) is 17.1. The molecule has 8 nitrogen and oxygen atoms in total. The number of carbonyl (C=O) groups excluding carboxylic acids is 1. The molecule has 0 saturated carbocycles. The first-order valence-corrected chi connectivity index (χ1v) is 10.8. The molecular formula is C19H24N4O4S. The highest BCUT2D eigenvalue weighted by molar-refractivity contribution is 7.92. The highest BCUT2D eigenvalue weighted by Gasteiger charge is 2.30. The zero-order valence-corrected chi connectivity index (χ0v) is 16.7. The number of benzene rings is 1. The minimum Gasteiger partial charge on any atom is -0.496 e. The van der Waals surface area contributed by atoms with Crippen LogP contribution in [0.5, 0.6) is 5.75 Å². The average molecular weight is 404 g/mol. The Hall–Kier alpha value is -2.65. The van der Waals surface area contributed by atoms with Crippen LogP contribution in [0.2, 0.25) is 0 Å². The maximum absolute atomic E-state index is 12.9. The van der Waals surface area contributed by atoms with Crippen molar-refractivity contribution in [3.05, 3.63) is 47.5 Å². The largest absolute Gasteiger partial charge is 0.496 e. The van der Waals surface area contributed by atoms with E-state index in [1.807, 2.05) is 0 Å². The summed E-state index contributed by atoms with van der Waals surface area (Å²) in [5, 5.41) is 3.21. The number of aromatic nitrogens is 1. The van der Waals surface area contributed by atoms with Gasteiger partial charge in [0.05, 0.1) is 24.5 Å². The molecule has 1 aliphatic rings. The van der Waals surface area contributed by atoms with Crippen molar-refractivity contribution in [3.63, 3.8) is 0 Å². The first-order chi connectivity index (χ1) is 13.3. The number of carbonyl (C=O) groups is 1. The summed E-state index contributed by atoms with van der Waals surface area (Å²) in [7, 11) is -2.06. The third-order valence-corrected chi connectivity index (χ3v) is 5.93. The number of para-hydroxylation sites is 1. The van der Waals surface area contributed by atoms with E-state index in [4.69, 9.17) is 10.5 Å². The van der Waals surface area contributed by atoms with E-state index < -0.39 is 10.0 Å². The van der Waals surface area contributed by atoms with Gasteiger partial charge in [0, 0.05) is 6.04 Å². The van der Waals surface area contributed by atoms with Crippen LogP contribution >= 0.6 is 0 Å². The maximum atomic E-state index is 12.9. The van der Waals surface area contributed by atoms with E-state index in [-0.39, 0.29) is 29.0 Å². The van der Waals surface area contributed by atoms with Crippen molar-refractivity contribution in [3.8, 4) is 5.75 Å². The van der Waals surface area contributed by atoms with Gasteiger partial charge in [-0.05, 0) is 50.2 Å². The second kappa shape index (κ2) is 8.15. The van der Waals surface area contributed by atoms with Crippen molar-refractivity contribution in [1.29, 1.82) is 0 Å². The molecule has 1 aromatic heterocycles. The molecule has 2 heterocycles. The van der Waals surface area contributed by atoms with Crippen molar-refractivity contribution in [2.75, 3.05) is 36.5 Å². The molecule has 0 radical (unpaired) electrons. The molecule has 1 fully saturated rings. The highest BCUT2D eigenvalue weighted by atomic mass is 32.2. The summed E-state index contributed by atoms with van der Waals surface area (Å²) in [6.07, 6.45) is 2.51. The number of ketones is 1. The van der Waals surface area contributed by atoms with E-state index in [1.54, 1.807) is 24.3 Å². The molecule has 0 bridgehead atoms. The van der Waals surface area contributed by atoms with Crippen LogP contribution in [0.4, 0.5) is 11.6 Å². The van der Waals surface area contributed by atoms with Crippen LogP contribution in [0.15, 0.2) is 36.4 Å². The molecule has 0 aliphatic carbocycles. The highest BCUT2D eigenvalue weighted by Crippen LogP contribution is 2.28. The fourth-order valence-electron chi connectivity index (χ4n) is 3.43. The molecule has 150 valence electrons. The fraction of sp³-hybridized carbons (Fsp3) is 0.368. The van der Waals surface area contributed by atoms with E-state index in [1.165, 1.54) is 23.5 Å². The van der Waals surface area contributed by atoms with E-state index in [9.17, 15) is 13.2 Å². The third-order valence-electron chi connectivity index (χ3n) is 4.73. The van der Waals surface area contributed by atoms with Crippen LogP contribution in [0.3, 0.4) is 0 Å². The Labute approximate surface area is 164 Å². The topological polar surface area (TPSA) is 115 Å². The molecule has 1 aromatic carbocycles. The zero-order chi connectivity index (χ0) is 20.3. The number of rotatable bonds is 6. The lowest BCUT2D eigenvalue weighted by molar-refractivity contribution is 0.103. The number of pyridine rings is 1. The quantitative estimate of drug-likeness (QED) is 0.700. The number of hydrogen-bond donors (Lipinski definition) is 2. The van der Waals surface area contributed by atoms with Gasteiger partial charge < -0.3 is 15.8 Å². The number of piperidine rings is 1. The number of methoxy groups -OCH3 is 1. The number of anilines is 2. The van der Waals surface area contributed by atoms with Crippen molar-refractivity contribution >= 4 is 27.4 Å². The van der Waals surface area contributed by atoms with Crippen LogP contribution in [-0.2, 0) is 10.0 Å². The fourth-order valence-corrected chi connectivity index (χ4v) is 4.62. The van der Waals surface area contributed by atoms with Gasteiger partial charge >= 0.3 is 0 Å². The second-order valence-electron chi connectivity index (χ2n) is 6.67. The smallest absolute Gasteiger partial charge is 0.233 e. The van der Waals surface area contributed by atoms with Gasteiger partial charge in [-0.25, -0.2) is 13.4 Å². The number of nitrogens with one attached hydrogen (secondary N) is 1. The van der Waals surface area contributed by atoms with Crippen LogP contribution < -0.4 is 20.1 Å². The Morgan fingerprint density at radius 1 is 1.18 bits per heavy atom. The van der Waals surface area contributed by atoms with Crippen molar-refractivity contribution in [1.82, 2.24) is 10.3 Å². The van der Waals surface area contributed by atoms with Crippen molar-refractivity contribution in [2.24, 2.45) is 0 Å². The Kier molecular flexibility index (Phi) is 5.85. The Balaban J connectivity index is 1.97. The third kappa shape index (κ3) is 4.10. The number of ether oxygens (including phenoxy) is 1. The summed E-state index contributed by atoms with van der Waals surface area (Å²) in [5.74, 6) is 0.310. The summed E-state index contributed by atoms with van der Waals surface area (Å²) in [6, 6.07) is 9.69. The minimum atomic E-state index is -3.55. The molecule has 1 aliphatic heterocycles. The minimum absolute atomic E-state index is 0.0176. The maximum Gasteiger partial charge on any atom is 0.233 e. The standard InChI is InChI=1S/C19H24N4O4S/c1-27-16-6-4-3-5-14(16)18(24)15-7-8-17(22-19(15)20)23(28(2,25)26)13-9-11-21-12-10-13/h3-8,13,21H,9-12H2,1-2H3,(H2,20,22). The van der Waals surface area contributed by atoms with E-state index in [2.05, 4.69) is 10.3 Å². The first-order valence-electron chi connectivity index (χ1n) is 8.97. The number of nitrogens with zero attached hydrogens (tertiary/aromatic N) is 2. The molecule has 0 spiro atoms. The molecule has 3 rings (SSSR count). The lowest BCUT2D eigenvalue weighted by atomic mass is 10.0. The lowest BCUT2D eigenvalue weighted by Gasteiger charge is -2.33. The predicted molar refractivity (Wildman–Crippen MR) is 108 cm³/mol. The van der Waals surface area contributed by atoms with Crippen molar-refractivity contribution < 1.29 is 17.9 Å². The van der Waals surface area contributed by atoms with Crippen molar-refractivity contribution in [2.45, 2.75) is 18.9 Å². The van der Waals surface area contributed by atoms with Crippen LogP contribution in [0.25, 0.3) is 0 Å². The normalized spacial score (nSPS) is 15.2. The van der Waals surface area contributed by atoms with Gasteiger partial charge in [0.1, 0.15) is 17.4 Å². The monoisotopic (exact) mass is 404 g/mol. The summed E-state index contributed by atoms with van der Waals surface area (Å²) in [5.41, 5.74) is 6.62. The molecule has 9 heteroatoms. The number of sulfonamides is 1. The van der Waals surface area contributed by atoms with Crippen LogP contribution in [-0.4, -0.2) is 51.7 Å². The molecule has 28 heavy (non-hydrogen) atoms. The SMILES string of the molecule is COc1ccccc1C(=O)c1ccc(N(C2CCNCC2)S(C)(=O)=O)nc1N. The van der Waals surface area contributed by atoms with Gasteiger partial charge in [0.15, 0.2) is 5.78 Å². The Morgan fingerprint density at radius 3 is 2.46 bits per heavy atom. The lowest BCUT2D eigenvalue weighted by Crippen LogP contribution is -2.46. The van der Waals surface area contributed by atoms with Gasteiger partial charge in [-0.2, -0.15) is 0 Å². The molecular weight excluding hydrogens is 380 g/mol. The van der Waals surface area contributed by atoms with Gasteiger partial charge in [-0.1, -0.05) is 12.1 Å². The van der Waals surface area contributed by atoms with Gasteiger partial charge in [-0.3, -0.25) is 9.10 Å². The molecule has 3 N–H and O–H groups in total. The number of nitrogens with two attached hydrogens (primary N) is 1. The van der Waals surface area contributed by atoms with E-state index in [0.717, 1.165) is 19.3 Å². The average Bonchev–Trinajstić information content (AvgIpc) is 2.67. The molecule has 0 atom stereocenters. The predicted octanol–water partition coefficient (Wildman–Crippen LogP) is 1.42. The Bertz CT molecular complexity index is 972. The van der Waals surface area contributed by atoms with E-state index >= 15 is 0 Å². The molecule has 0 unspecified atom stereocenters. The van der Waals surface area contributed by atoms with Crippen LogP contribution in [0, 0.1) is 0 Å². The first kappa shape index (κ1) is 20.1. The summed E-state index contributed by atoms with van der Waals surface area (Å²) < 4.78 is 31.4. The molecule has 1 saturated heterocycles. The summed E-state index contributed by atoms with van der Waals surface area (Å²) in [6.45, 7) is 1.47. The Morgan fingerprint density at radius 2 is 1.86 bits per heavy atom. The molecule has 2 aromatic rings. The van der Waals surface area contributed by atoms with Gasteiger partial charge in [-0.15, -0.1) is 0 Å². The summed E-state index contributed by atoms with van der Waals surface area (Å²) >= 11 is 0. The number of nitrogen functional groups attached to an aromatic ring is 1. The van der Waals surface area contributed by atoms with Gasteiger partial charge in [0.25, 0.3) is 0 Å².